The third-order valence-electron chi connectivity index (χ3n) is 3.62. The number of pyridine rings is 1. The lowest BCUT2D eigenvalue weighted by atomic mass is 10.3. The van der Waals surface area contributed by atoms with E-state index < -0.39 is 0 Å². The van der Waals surface area contributed by atoms with Crippen molar-refractivity contribution in [3.05, 3.63) is 24.0 Å². The van der Waals surface area contributed by atoms with Crippen molar-refractivity contribution in [1.82, 2.24) is 20.6 Å². The van der Waals surface area contributed by atoms with Crippen LogP contribution >= 0.6 is 24.0 Å². The molecule has 2 N–H and O–H groups in total. The molecule has 0 bridgehead atoms. The maximum absolute atomic E-state index is 5.39. The van der Waals surface area contributed by atoms with E-state index in [1.165, 1.54) is 11.8 Å². The highest BCUT2D eigenvalue weighted by Gasteiger charge is 2.09. The zero-order valence-corrected chi connectivity index (χ0v) is 15.9. The second-order valence-corrected chi connectivity index (χ2v) is 7.17. The summed E-state index contributed by atoms with van der Waals surface area (Å²) in [7, 11) is 1.77. The number of ether oxygens (including phenoxy) is 1. The predicted octanol–water partition coefficient (Wildman–Crippen LogP) is 1.71. The molecule has 132 valence electrons. The maximum Gasteiger partial charge on any atom is 0.138 e. The number of hydrogen-bond donors (Lipinski definition) is 2. The van der Waals surface area contributed by atoms with Gasteiger partial charge in [-0.2, -0.15) is 5.10 Å². The Morgan fingerprint density at radius 3 is 2.88 bits per heavy atom. The Balaban J connectivity index is 1.67. The van der Waals surface area contributed by atoms with Crippen molar-refractivity contribution >= 4 is 34.0 Å². The van der Waals surface area contributed by atoms with E-state index in [1.807, 2.05) is 25.3 Å². The number of aromatic nitrogens is 1. The summed E-state index contributed by atoms with van der Waals surface area (Å²) < 4.78 is 6.13. The smallest absolute Gasteiger partial charge is 0.138 e. The summed E-state index contributed by atoms with van der Waals surface area (Å²) in [6.45, 7) is 7.67. The average Bonchev–Trinajstić information content (AvgIpc) is 2.60. The molecule has 8 heteroatoms. The van der Waals surface area contributed by atoms with Gasteiger partial charge in [-0.3, -0.25) is 9.88 Å². The number of hydrogen-bond acceptors (Lipinski definition) is 7. The van der Waals surface area contributed by atoms with Crippen LogP contribution in [0.15, 0.2) is 28.3 Å². The normalized spacial score (nSPS) is 16.0. The maximum atomic E-state index is 5.39. The van der Waals surface area contributed by atoms with Crippen molar-refractivity contribution < 1.29 is 4.74 Å². The fourth-order valence-corrected chi connectivity index (χ4v) is 3.36. The lowest BCUT2D eigenvalue weighted by Crippen LogP contribution is -2.37. The zero-order chi connectivity index (χ0) is 17.2. The van der Waals surface area contributed by atoms with E-state index in [0.717, 1.165) is 66.4 Å². The Hall–Kier alpha value is -1.22. The summed E-state index contributed by atoms with van der Waals surface area (Å²) in [5.74, 6) is 0. The molecule has 0 amide bonds. The molecule has 1 saturated heterocycles. The van der Waals surface area contributed by atoms with Gasteiger partial charge in [-0.1, -0.05) is 24.0 Å². The SMILES string of the molecule is CNN=C(C)c1ccc(SC(=S)NCCCN2CCOCC2)cn1. The third-order valence-corrected chi connectivity index (χ3v) is 4.82. The lowest BCUT2D eigenvalue weighted by Gasteiger charge is -2.26. The van der Waals surface area contributed by atoms with Crippen LogP contribution < -0.4 is 10.7 Å². The first-order valence-electron chi connectivity index (χ1n) is 8.12. The minimum absolute atomic E-state index is 0.784. The molecule has 0 saturated carbocycles. The Morgan fingerprint density at radius 2 is 2.21 bits per heavy atom. The number of thiocarbonyl (C=S) groups is 1. The van der Waals surface area contributed by atoms with Crippen LogP contribution in [0.25, 0.3) is 0 Å². The highest BCUT2D eigenvalue weighted by Crippen LogP contribution is 2.18. The highest BCUT2D eigenvalue weighted by molar-refractivity contribution is 8.23. The Morgan fingerprint density at radius 1 is 1.42 bits per heavy atom. The molecule has 1 aromatic heterocycles. The Kier molecular flexibility index (Phi) is 8.44. The molecule has 0 aliphatic carbocycles. The molecule has 1 aliphatic heterocycles. The van der Waals surface area contributed by atoms with Gasteiger partial charge in [0, 0.05) is 37.8 Å². The summed E-state index contributed by atoms with van der Waals surface area (Å²) in [6.07, 6.45) is 2.91. The first-order chi connectivity index (χ1) is 11.7. The van der Waals surface area contributed by atoms with Gasteiger partial charge in [-0.25, -0.2) is 0 Å². The molecule has 0 radical (unpaired) electrons. The van der Waals surface area contributed by atoms with Gasteiger partial charge in [0.25, 0.3) is 0 Å². The first kappa shape index (κ1) is 19.1. The van der Waals surface area contributed by atoms with E-state index in [9.17, 15) is 0 Å². The van der Waals surface area contributed by atoms with E-state index in [0.29, 0.717) is 0 Å². The molecule has 24 heavy (non-hydrogen) atoms. The molecule has 2 rings (SSSR count). The zero-order valence-electron chi connectivity index (χ0n) is 14.2. The second-order valence-electron chi connectivity index (χ2n) is 5.42. The monoisotopic (exact) mass is 367 g/mol. The summed E-state index contributed by atoms with van der Waals surface area (Å²) in [4.78, 5) is 7.87. The number of nitrogens with zero attached hydrogens (tertiary/aromatic N) is 3. The van der Waals surface area contributed by atoms with Gasteiger partial charge in [-0.15, -0.1) is 0 Å². The van der Waals surface area contributed by atoms with Crippen molar-refractivity contribution in [3.8, 4) is 0 Å². The van der Waals surface area contributed by atoms with Crippen LogP contribution in [0, 0.1) is 0 Å². The van der Waals surface area contributed by atoms with Gasteiger partial charge < -0.3 is 15.5 Å². The molecular weight excluding hydrogens is 342 g/mol. The second kappa shape index (κ2) is 10.6. The van der Waals surface area contributed by atoms with E-state index >= 15 is 0 Å². The quantitative estimate of drug-likeness (QED) is 0.250. The van der Waals surface area contributed by atoms with Gasteiger partial charge in [0.1, 0.15) is 4.32 Å². The third kappa shape index (κ3) is 6.72. The molecular formula is C16H25N5OS2. The first-order valence-corrected chi connectivity index (χ1v) is 9.35. The lowest BCUT2D eigenvalue weighted by molar-refractivity contribution is 0.0376. The summed E-state index contributed by atoms with van der Waals surface area (Å²) in [5.41, 5.74) is 4.49. The van der Waals surface area contributed by atoms with Gasteiger partial charge >= 0.3 is 0 Å². The number of morpholine rings is 1. The number of hydrazone groups is 1. The molecule has 1 fully saturated rings. The topological polar surface area (TPSA) is 61.8 Å². The van der Waals surface area contributed by atoms with Crippen LogP contribution in [-0.2, 0) is 4.74 Å². The predicted molar refractivity (Wildman–Crippen MR) is 104 cm³/mol. The summed E-state index contributed by atoms with van der Waals surface area (Å²) in [5, 5.41) is 7.42. The fourth-order valence-electron chi connectivity index (χ4n) is 2.34. The largest absolute Gasteiger partial charge is 0.379 e. The van der Waals surface area contributed by atoms with E-state index in [4.69, 9.17) is 17.0 Å². The van der Waals surface area contributed by atoms with Gasteiger partial charge in [0.15, 0.2) is 0 Å². The van der Waals surface area contributed by atoms with Crippen LogP contribution in [0.3, 0.4) is 0 Å². The van der Waals surface area contributed by atoms with Crippen LogP contribution in [0.5, 0.6) is 0 Å². The summed E-state index contributed by atoms with van der Waals surface area (Å²) in [6, 6.07) is 3.98. The highest BCUT2D eigenvalue weighted by atomic mass is 32.2. The standard InChI is InChI=1S/C16H25N5OS2/c1-13(20-17-2)15-5-4-14(12-19-15)24-16(23)18-6-3-7-21-8-10-22-11-9-21/h4-5,12,17H,3,6-11H2,1-2H3,(H,18,23). The number of rotatable bonds is 7. The molecule has 0 atom stereocenters. The minimum Gasteiger partial charge on any atom is -0.379 e. The molecule has 1 aromatic rings. The van der Waals surface area contributed by atoms with Crippen molar-refractivity contribution in [1.29, 1.82) is 0 Å². The van der Waals surface area contributed by atoms with Gasteiger partial charge in [-0.05, 0) is 32.0 Å². The Labute approximate surface area is 153 Å². The molecule has 0 spiro atoms. The van der Waals surface area contributed by atoms with Crippen LogP contribution in [-0.4, -0.2) is 66.4 Å². The minimum atomic E-state index is 0.784. The van der Waals surface area contributed by atoms with Crippen LogP contribution in [0.2, 0.25) is 0 Å². The van der Waals surface area contributed by atoms with E-state index in [-0.39, 0.29) is 0 Å². The van der Waals surface area contributed by atoms with Gasteiger partial charge in [0.05, 0.1) is 24.6 Å². The molecule has 1 aliphatic rings. The van der Waals surface area contributed by atoms with Crippen molar-refractivity contribution in [3.63, 3.8) is 0 Å². The fraction of sp³-hybridized carbons (Fsp3) is 0.562. The Bertz CT molecular complexity index is 544. The van der Waals surface area contributed by atoms with Crippen LogP contribution in [0.1, 0.15) is 19.0 Å². The van der Waals surface area contributed by atoms with Gasteiger partial charge in [0.2, 0.25) is 0 Å². The molecule has 0 aromatic carbocycles. The molecule has 0 unspecified atom stereocenters. The van der Waals surface area contributed by atoms with E-state index in [1.54, 1.807) is 7.05 Å². The number of thioether (sulfide) groups is 1. The number of nitrogens with one attached hydrogen (secondary N) is 2. The molecule has 6 nitrogen and oxygen atoms in total. The van der Waals surface area contributed by atoms with Crippen molar-refractivity contribution in [2.24, 2.45) is 5.10 Å². The summed E-state index contributed by atoms with van der Waals surface area (Å²) >= 11 is 6.92. The molecule has 2 heterocycles. The van der Waals surface area contributed by atoms with Crippen molar-refractivity contribution in [2.45, 2.75) is 18.2 Å². The van der Waals surface area contributed by atoms with E-state index in [2.05, 4.69) is 25.7 Å². The van der Waals surface area contributed by atoms with Crippen molar-refractivity contribution in [2.75, 3.05) is 46.4 Å². The van der Waals surface area contributed by atoms with Crippen LogP contribution in [0.4, 0.5) is 0 Å². The average molecular weight is 368 g/mol.